The van der Waals surface area contributed by atoms with Crippen LogP contribution in [-0.2, 0) is 9.53 Å². The van der Waals surface area contributed by atoms with E-state index in [0.29, 0.717) is 25.2 Å². The fraction of sp³-hybridized carbons (Fsp3) is 0.565. The quantitative estimate of drug-likeness (QED) is 0.811. The molecular formula is C23H31N3O3. The molecule has 6 nitrogen and oxygen atoms in total. The molecule has 2 aliphatic heterocycles. The molecule has 2 heterocycles. The van der Waals surface area contributed by atoms with E-state index < -0.39 is 5.91 Å². The van der Waals surface area contributed by atoms with Crippen molar-refractivity contribution in [2.45, 2.75) is 58.4 Å². The Morgan fingerprint density at radius 2 is 2.00 bits per heavy atom. The van der Waals surface area contributed by atoms with Gasteiger partial charge in [-0.15, -0.1) is 0 Å². The van der Waals surface area contributed by atoms with E-state index in [1.54, 1.807) is 6.07 Å². The first-order valence-electron chi connectivity index (χ1n) is 10.7. The van der Waals surface area contributed by atoms with E-state index in [9.17, 15) is 9.59 Å². The lowest BCUT2D eigenvalue weighted by Crippen LogP contribution is -2.39. The highest BCUT2D eigenvalue weighted by Crippen LogP contribution is 2.45. The molecule has 0 radical (unpaired) electrons. The van der Waals surface area contributed by atoms with Gasteiger partial charge in [-0.05, 0) is 49.7 Å². The maximum absolute atomic E-state index is 12.8. The second kappa shape index (κ2) is 7.82. The third-order valence-electron chi connectivity index (χ3n) is 6.27. The summed E-state index contributed by atoms with van der Waals surface area (Å²) in [6, 6.07) is 5.94. The first-order chi connectivity index (χ1) is 13.9. The number of allylic oxidation sites excluding steroid dienone is 2. The molecule has 1 amide bonds. The maximum atomic E-state index is 12.8. The van der Waals surface area contributed by atoms with Gasteiger partial charge in [0.1, 0.15) is 0 Å². The monoisotopic (exact) mass is 397 g/mol. The van der Waals surface area contributed by atoms with Crippen molar-refractivity contribution in [3.63, 3.8) is 0 Å². The molecule has 4 rings (SSSR count). The highest BCUT2D eigenvalue weighted by molar-refractivity contribution is 6.03. The van der Waals surface area contributed by atoms with Gasteiger partial charge in [-0.1, -0.05) is 19.9 Å². The Morgan fingerprint density at radius 3 is 2.72 bits per heavy atom. The van der Waals surface area contributed by atoms with Crippen LogP contribution in [0, 0.1) is 5.41 Å². The Balaban J connectivity index is 1.77. The molecule has 0 atom stereocenters. The van der Waals surface area contributed by atoms with Crippen molar-refractivity contribution in [3.05, 3.63) is 35.0 Å². The highest BCUT2D eigenvalue weighted by Gasteiger charge is 2.37. The molecule has 1 aromatic rings. The molecule has 0 saturated carbocycles. The summed E-state index contributed by atoms with van der Waals surface area (Å²) >= 11 is 0. The molecule has 0 unspecified atom stereocenters. The normalized spacial score (nSPS) is 22.4. The number of ether oxygens (including phenoxy) is 1. The van der Waals surface area contributed by atoms with Gasteiger partial charge in [0.25, 0.3) is 5.91 Å². The molecule has 0 aromatic heterocycles. The number of hydrogen-bond acceptors (Lipinski definition) is 5. The molecule has 3 aliphatic rings. The van der Waals surface area contributed by atoms with Crippen molar-refractivity contribution in [1.82, 2.24) is 0 Å². The van der Waals surface area contributed by atoms with Crippen LogP contribution in [0.4, 0.5) is 11.4 Å². The molecular weight excluding hydrogens is 366 g/mol. The van der Waals surface area contributed by atoms with Gasteiger partial charge in [0, 0.05) is 43.5 Å². The number of para-hydroxylation sites is 1. The first-order valence-corrected chi connectivity index (χ1v) is 10.7. The van der Waals surface area contributed by atoms with Gasteiger partial charge in [0.2, 0.25) is 0 Å². The minimum atomic E-state index is -0.437. The number of benzene rings is 1. The van der Waals surface area contributed by atoms with Crippen molar-refractivity contribution in [3.8, 4) is 0 Å². The maximum Gasteiger partial charge on any atom is 0.250 e. The van der Waals surface area contributed by atoms with Gasteiger partial charge in [0.05, 0.1) is 16.9 Å². The predicted octanol–water partition coefficient (Wildman–Crippen LogP) is 3.62. The van der Waals surface area contributed by atoms with Crippen LogP contribution in [0.5, 0.6) is 0 Å². The Bertz CT molecular complexity index is 853. The van der Waals surface area contributed by atoms with Crippen LogP contribution < -0.4 is 16.0 Å². The zero-order valence-corrected chi connectivity index (χ0v) is 17.4. The van der Waals surface area contributed by atoms with Gasteiger partial charge in [0.15, 0.2) is 5.78 Å². The van der Waals surface area contributed by atoms with Crippen molar-refractivity contribution >= 4 is 23.1 Å². The summed E-state index contributed by atoms with van der Waals surface area (Å²) < 4.78 is 5.48. The minimum Gasteiger partial charge on any atom is -0.381 e. The molecule has 1 aliphatic carbocycles. The molecule has 156 valence electrons. The number of ketones is 1. The van der Waals surface area contributed by atoms with Crippen molar-refractivity contribution < 1.29 is 14.3 Å². The van der Waals surface area contributed by atoms with E-state index >= 15 is 0 Å². The number of anilines is 2. The predicted molar refractivity (Wildman–Crippen MR) is 114 cm³/mol. The lowest BCUT2D eigenvalue weighted by atomic mass is 9.73. The van der Waals surface area contributed by atoms with Gasteiger partial charge in [-0.3, -0.25) is 9.59 Å². The number of rotatable bonds is 4. The average molecular weight is 398 g/mol. The molecule has 0 spiro atoms. The number of carbonyl (C=O) groups is 2. The minimum absolute atomic E-state index is 0.0545. The molecule has 29 heavy (non-hydrogen) atoms. The summed E-state index contributed by atoms with van der Waals surface area (Å²) in [5.74, 6) is -0.168. The number of amides is 1. The summed E-state index contributed by atoms with van der Waals surface area (Å²) in [4.78, 5) is 27.3. The third kappa shape index (κ3) is 4.04. The first kappa shape index (κ1) is 20.0. The lowest BCUT2D eigenvalue weighted by molar-refractivity contribution is -0.118. The number of nitrogens with two attached hydrogens (primary N) is 1. The number of Topliss-reactive ketones (excluding diaryl/α,β-unsaturated/α-hetero) is 1. The van der Waals surface area contributed by atoms with E-state index in [1.807, 2.05) is 12.1 Å². The third-order valence-corrected chi connectivity index (χ3v) is 6.27. The number of hydrogen-bond donors (Lipinski definition) is 2. The molecule has 6 heteroatoms. The van der Waals surface area contributed by atoms with Crippen molar-refractivity contribution in [2.24, 2.45) is 11.1 Å². The van der Waals surface area contributed by atoms with Crippen LogP contribution in [0.2, 0.25) is 0 Å². The Hall–Kier alpha value is -2.34. The summed E-state index contributed by atoms with van der Waals surface area (Å²) in [6.07, 6.45) is 5.04. The highest BCUT2D eigenvalue weighted by atomic mass is 16.5. The smallest absolute Gasteiger partial charge is 0.250 e. The van der Waals surface area contributed by atoms with Crippen molar-refractivity contribution in [1.29, 1.82) is 0 Å². The fourth-order valence-corrected chi connectivity index (χ4v) is 4.85. The van der Waals surface area contributed by atoms with E-state index in [4.69, 9.17) is 10.5 Å². The van der Waals surface area contributed by atoms with Crippen LogP contribution in [0.3, 0.4) is 0 Å². The Labute approximate surface area is 172 Å². The van der Waals surface area contributed by atoms with Crippen molar-refractivity contribution in [2.75, 3.05) is 30.0 Å². The molecule has 3 N–H and O–H groups in total. The summed E-state index contributed by atoms with van der Waals surface area (Å²) in [7, 11) is 0. The van der Waals surface area contributed by atoms with Crippen LogP contribution in [0.15, 0.2) is 29.5 Å². The van der Waals surface area contributed by atoms with E-state index in [2.05, 4.69) is 24.1 Å². The van der Waals surface area contributed by atoms with E-state index in [1.165, 1.54) is 0 Å². The lowest BCUT2D eigenvalue weighted by Gasteiger charge is -2.42. The summed E-state index contributed by atoms with van der Waals surface area (Å²) in [6.45, 7) is 6.58. The van der Waals surface area contributed by atoms with Crippen LogP contribution >= 0.6 is 0 Å². The fourth-order valence-electron chi connectivity index (χ4n) is 4.85. The second-order valence-electron chi connectivity index (χ2n) is 9.22. The van der Waals surface area contributed by atoms with Gasteiger partial charge in [-0.25, -0.2) is 0 Å². The summed E-state index contributed by atoms with van der Waals surface area (Å²) in [5, 5.41) is 3.59. The Morgan fingerprint density at radius 1 is 1.24 bits per heavy atom. The van der Waals surface area contributed by atoms with E-state index in [0.717, 1.165) is 61.3 Å². The van der Waals surface area contributed by atoms with Crippen LogP contribution in [-0.4, -0.2) is 37.5 Å². The molecule has 1 fully saturated rings. The number of primary amides is 1. The summed E-state index contributed by atoms with van der Waals surface area (Å²) in [5.41, 5.74) is 10.0. The number of nitrogens with one attached hydrogen (secondary N) is 1. The number of nitrogens with zero attached hydrogens (tertiary/aromatic N) is 1. The molecule has 0 bridgehead atoms. The number of carbonyl (C=O) groups excluding carboxylic acids is 2. The van der Waals surface area contributed by atoms with Gasteiger partial charge < -0.3 is 20.7 Å². The molecule has 1 saturated heterocycles. The SMILES string of the molecule is CC1(C)CC(=O)C2=C(C1)N(c1cccc(C(N)=O)c1NC1CCOCC1)CCC2. The largest absolute Gasteiger partial charge is 0.381 e. The topological polar surface area (TPSA) is 84.7 Å². The molecule has 1 aromatic carbocycles. The zero-order chi connectivity index (χ0) is 20.6. The van der Waals surface area contributed by atoms with Crippen LogP contribution in [0.25, 0.3) is 0 Å². The van der Waals surface area contributed by atoms with Crippen LogP contribution in [0.1, 0.15) is 62.7 Å². The van der Waals surface area contributed by atoms with Gasteiger partial charge in [-0.2, -0.15) is 0 Å². The standard InChI is InChI=1S/C23H31N3O3/c1-23(2)13-19-16(20(27)14-23)6-4-10-26(19)18-7-3-5-17(22(24)28)21(18)25-15-8-11-29-12-9-15/h3,5,7,15,25H,4,6,8-14H2,1-2H3,(H2,24,28). The van der Waals surface area contributed by atoms with E-state index in [-0.39, 0.29) is 17.2 Å². The second-order valence-corrected chi connectivity index (χ2v) is 9.22. The van der Waals surface area contributed by atoms with Gasteiger partial charge >= 0.3 is 0 Å². The zero-order valence-electron chi connectivity index (χ0n) is 17.4. The Kier molecular flexibility index (Phi) is 5.38. The average Bonchev–Trinajstić information content (AvgIpc) is 2.68.